The van der Waals surface area contributed by atoms with Crippen molar-refractivity contribution in [2.75, 3.05) is 17.7 Å². The monoisotopic (exact) mass is 268 g/mol. The minimum atomic E-state index is -0.000848. The van der Waals surface area contributed by atoms with Gasteiger partial charge in [0, 0.05) is 19.8 Å². The Morgan fingerprint density at radius 1 is 1.30 bits per heavy atom. The number of aromatic nitrogens is 1. The molecule has 5 nitrogen and oxygen atoms in total. The lowest BCUT2D eigenvalue weighted by atomic mass is 10.1. The number of nitrogens with two attached hydrogens (primary N) is 1. The quantitative estimate of drug-likeness (QED) is 0.908. The Labute approximate surface area is 117 Å². The molecule has 20 heavy (non-hydrogen) atoms. The maximum Gasteiger partial charge on any atom is 0.324 e. The van der Waals surface area contributed by atoms with E-state index in [2.05, 4.69) is 4.98 Å². The van der Waals surface area contributed by atoms with Crippen LogP contribution in [0.1, 0.15) is 11.1 Å². The number of nitrogen functional groups attached to an aromatic ring is 1. The SMILES string of the molecule is CN1Cc2ccccc2N(Cc2ccnc(N)c2)C1=O. The summed E-state index contributed by atoms with van der Waals surface area (Å²) in [6.45, 7) is 1.14. The lowest BCUT2D eigenvalue weighted by Crippen LogP contribution is -2.44. The molecule has 1 aliphatic heterocycles. The smallest absolute Gasteiger partial charge is 0.324 e. The maximum absolute atomic E-state index is 12.4. The Balaban J connectivity index is 1.97. The highest BCUT2D eigenvalue weighted by Crippen LogP contribution is 2.29. The average Bonchev–Trinajstić information content (AvgIpc) is 2.44. The second-order valence-corrected chi connectivity index (χ2v) is 4.94. The van der Waals surface area contributed by atoms with E-state index in [0.717, 1.165) is 16.8 Å². The van der Waals surface area contributed by atoms with E-state index in [-0.39, 0.29) is 6.03 Å². The number of anilines is 2. The van der Waals surface area contributed by atoms with Crippen LogP contribution in [0, 0.1) is 0 Å². The number of fused-ring (bicyclic) bond motifs is 1. The van der Waals surface area contributed by atoms with E-state index >= 15 is 0 Å². The second-order valence-electron chi connectivity index (χ2n) is 4.94. The van der Waals surface area contributed by atoms with Gasteiger partial charge in [-0.25, -0.2) is 9.78 Å². The number of para-hydroxylation sites is 1. The summed E-state index contributed by atoms with van der Waals surface area (Å²) in [4.78, 5) is 19.8. The molecule has 0 radical (unpaired) electrons. The number of amides is 2. The lowest BCUT2D eigenvalue weighted by molar-refractivity contribution is 0.210. The molecule has 3 rings (SSSR count). The summed E-state index contributed by atoms with van der Waals surface area (Å²) < 4.78 is 0. The van der Waals surface area contributed by atoms with Gasteiger partial charge < -0.3 is 10.6 Å². The van der Waals surface area contributed by atoms with Crippen molar-refractivity contribution in [1.29, 1.82) is 0 Å². The lowest BCUT2D eigenvalue weighted by Gasteiger charge is -2.35. The fourth-order valence-corrected chi connectivity index (χ4v) is 2.47. The molecule has 0 unspecified atom stereocenters. The van der Waals surface area contributed by atoms with Gasteiger partial charge in [0.1, 0.15) is 5.82 Å². The summed E-state index contributed by atoms with van der Waals surface area (Å²) in [5.41, 5.74) is 8.78. The summed E-state index contributed by atoms with van der Waals surface area (Å²) >= 11 is 0. The highest BCUT2D eigenvalue weighted by molar-refractivity contribution is 5.94. The third kappa shape index (κ3) is 2.18. The molecule has 2 amide bonds. The Hall–Kier alpha value is -2.56. The zero-order valence-corrected chi connectivity index (χ0v) is 11.3. The Morgan fingerprint density at radius 2 is 2.10 bits per heavy atom. The fraction of sp³-hybridized carbons (Fsp3) is 0.200. The molecule has 2 N–H and O–H groups in total. The van der Waals surface area contributed by atoms with E-state index in [1.165, 1.54) is 0 Å². The van der Waals surface area contributed by atoms with Crippen molar-refractivity contribution >= 4 is 17.5 Å². The topological polar surface area (TPSA) is 62.5 Å². The van der Waals surface area contributed by atoms with Gasteiger partial charge in [-0.2, -0.15) is 0 Å². The summed E-state index contributed by atoms with van der Waals surface area (Å²) in [5.74, 6) is 0.466. The highest BCUT2D eigenvalue weighted by Gasteiger charge is 2.27. The molecule has 0 fully saturated rings. The van der Waals surface area contributed by atoms with Crippen LogP contribution in [0.5, 0.6) is 0 Å². The van der Waals surface area contributed by atoms with Crippen LogP contribution in [0.25, 0.3) is 0 Å². The first-order valence-electron chi connectivity index (χ1n) is 6.46. The molecule has 1 aliphatic rings. The summed E-state index contributed by atoms with van der Waals surface area (Å²) in [5, 5.41) is 0. The predicted molar refractivity (Wildman–Crippen MR) is 78.1 cm³/mol. The van der Waals surface area contributed by atoms with Gasteiger partial charge in [-0.15, -0.1) is 0 Å². The average molecular weight is 268 g/mol. The van der Waals surface area contributed by atoms with Crippen LogP contribution >= 0.6 is 0 Å². The van der Waals surface area contributed by atoms with Gasteiger partial charge in [-0.3, -0.25) is 4.90 Å². The number of benzene rings is 1. The molecule has 0 aliphatic carbocycles. The van der Waals surface area contributed by atoms with Gasteiger partial charge in [-0.1, -0.05) is 18.2 Å². The van der Waals surface area contributed by atoms with Crippen molar-refractivity contribution < 1.29 is 4.79 Å². The van der Waals surface area contributed by atoms with Crippen molar-refractivity contribution in [2.45, 2.75) is 13.1 Å². The van der Waals surface area contributed by atoms with Crippen LogP contribution < -0.4 is 10.6 Å². The van der Waals surface area contributed by atoms with Crippen molar-refractivity contribution in [3.05, 3.63) is 53.7 Å². The molecule has 0 saturated heterocycles. The third-order valence-electron chi connectivity index (χ3n) is 3.43. The minimum Gasteiger partial charge on any atom is -0.384 e. The first-order valence-corrected chi connectivity index (χ1v) is 6.46. The zero-order valence-electron chi connectivity index (χ0n) is 11.3. The van der Waals surface area contributed by atoms with Crippen molar-refractivity contribution in [3.8, 4) is 0 Å². The molecule has 1 aromatic carbocycles. The van der Waals surface area contributed by atoms with Crippen molar-refractivity contribution in [1.82, 2.24) is 9.88 Å². The molecule has 1 aromatic heterocycles. The predicted octanol–water partition coefficient (Wildman–Crippen LogP) is 2.24. The first kappa shape index (κ1) is 12.5. The maximum atomic E-state index is 12.4. The normalized spacial score (nSPS) is 14.3. The molecular weight excluding hydrogens is 252 g/mol. The van der Waals surface area contributed by atoms with Gasteiger partial charge in [0.2, 0.25) is 0 Å². The molecule has 2 aromatic rings. The summed E-state index contributed by atoms with van der Waals surface area (Å²) in [7, 11) is 1.81. The molecular formula is C15H16N4O. The molecule has 0 spiro atoms. The Bertz CT molecular complexity index is 656. The summed E-state index contributed by atoms with van der Waals surface area (Å²) in [6.07, 6.45) is 1.66. The van der Waals surface area contributed by atoms with Gasteiger partial charge in [0.05, 0.1) is 12.2 Å². The number of hydrogen-bond donors (Lipinski definition) is 1. The van der Waals surface area contributed by atoms with E-state index in [4.69, 9.17) is 5.73 Å². The van der Waals surface area contributed by atoms with Crippen molar-refractivity contribution in [2.24, 2.45) is 0 Å². The van der Waals surface area contributed by atoms with Crippen LogP contribution in [0.3, 0.4) is 0 Å². The largest absolute Gasteiger partial charge is 0.384 e. The van der Waals surface area contributed by atoms with Crippen LogP contribution in [0.2, 0.25) is 0 Å². The van der Waals surface area contributed by atoms with E-state index in [9.17, 15) is 4.79 Å². The Kier molecular flexibility index (Phi) is 3.02. The molecule has 0 atom stereocenters. The number of rotatable bonds is 2. The zero-order chi connectivity index (χ0) is 14.1. The fourth-order valence-electron chi connectivity index (χ4n) is 2.47. The number of carbonyl (C=O) groups is 1. The first-order chi connectivity index (χ1) is 9.65. The molecule has 102 valence electrons. The van der Waals surface area contributed by atoms with Crippen LogP contribution in [0.4, 0.5) is 16.3 Å². The van der Waals surface area contributed by atoms with E-state index in [1.54, 1.807) is 22.1 Å². The van der Waals surface area contributed by atoms with Gasteiger partial charge in [0.15, 0.2) is 0 Å². The molecule has 0 saturated carbocycles. The van der Waals surface area contributed by atoms with Gasteiger partial charge in [0.25, 0.3) is 0 Å². The standard InChI is InChI=1S/C15H16N4O/c1-18-10-12-4-2-3-5-13(12)19(15(18)20)9-11-6-7-17-14(16)8-11/h2-8H,9-10H2,1H3,(H2,16,17). The minimum absolute atomic E-state index is 0.000848. The number of urea groups is 1. The number of carbonyl (C=O) groups excluding carboxylic acids is 1. The van der Waals surface area contributed by atoms with Crippen LogP contribution in [-0.4, -0.2) is 23.0 Å². The van der Waals surface area contributed by atoms with E-state index in [1.807, 2.05) is 37.4 Å². The van der Waals surface area contributed by atoms with E-state index < -0.39 is 0 Å². The van der Waals surface area contributed by atoms with Gasteiger partial charge >= 0.3 is 6.03 Å². The highest BCUT2D eigenvalue weighted by atomic mass is 16.2. The Morgan fingerprint density at radius 3 is 2.90 bits per heavy atom. The number of hydrogen-bond acceptors (Lipinski definition) is 3. The van der Waals surface area contributed by atoms with E-state index in [0.29, 0.717) is 18.9 Å². The second kappa shape index (κ2) is 4.85. The molecule has 2 heterocycles. The van der Waals surface area contributed by atoms with Gasteiger partial charge in [-0.05, 0) is 29.3 Å². The molecule has 5 heteroatoms. The number of nitrogens with zero attached hydrogens (tertiary/aromatic N) is 3. The number of pyridine rings is 1. The van der Waals surface area contributed by atoms with Crippen LogP contribution in [-0.2, 0) is 13.1 Å². The van der Waals surface area contributed by atoms with Crippen LogP contribution in [0.15, 0.2) is 42.6 Å². The third-order valence-corrected chi connectivity index (χ3v) is 3.43. The summed E-state index contributed by atoms with van der Waals surface area (Å²) in [6, 6.07) is 11.6. The molecule has 0 bridgehead atoms. The van der Waals surface area contributed by atoms with Crippen molar-refractivity contribution in [3.63, 3.8) is 0 Å².